The Balaban J connectivity index is 0.00000225. The summed E-state index contributed by atoms with van der Waals surface area (Å²) in [6.45, 7) is 3.34. The molecular weight excluding hydrogens is 387 g/mol. The minimum absolute atomic E-state index is 0. The van der Waals surface area contributed by atoms with Crippen molar-refractivity contribution >= 4 is 10.1 Å². The van der Waals surface area contributed by atoms with Crippen molar-refractivity contribution in [1.29, 1.82) is 0 Å². The van der Waals surface area contributed by atoms with E-state index in [4.69, 9.17) is 4.18 Å². The van der Waals surface area contributed by atoms with Gasteiger partial charge in [-0.3, -0.25) is 0 Å². The molecule has 0 amide bonds. The molecular formula is C21H16NaO5S-. The molecule has 0 saturated carbocycles. The second kappa shape index (κ2) is 7.21. The van der Waals surface area contributed by atoms with Crippen molar-refractivity contribution in [2.45, 2.75) is 24.3 Å². The minimum Gasteiger partial charge on any atom is -0.872 e. The van der Waals surface area contributed by atoms with Gasteiger partial charge in [-0.2, -0.15) is 8.42 Å². The second-order valence-corrected chi connectivity index (χ2v) is 8.19. The fourth-order valence-electron chi connectivity index (χ4n) is 3.54. The first-order chi connectivity index (χ1) is 12.8. The zero-order valence-electron chi connectivity index (χ0n) is 15.7. The van der Waals surface area contributed by atoms with E-state index in [1.165, 1.54) is 18.2 Å². The molecule has 3 aromatic carbocycles. The van der Waals surface area contributed by atoms with Gasteiger partial charge in [0.25, 0.3) is 10.1 Å². The topological polar surface area (TPSA) is 89.5 Å². The van der Waals surface area contributed by atoms with Crippen molar-refractivity contribution in [3.8, 4) is 11.5 Å². The predicted molar refractivity (Wildman–Crippen MR) is 95.8 cm³/mol. The number of benzene rings is 3. The summed E-state index contributed by atoms with van der Waals surface area (Å²) in [7, 11) is -4.01. The molecule has 1 aliphatic heterocycles. The van der Waals surface area contributed by atoms with Crippen molar-refractivity contribution < 1.29 is 52.4 Å². The van der Waals surface area contributed by atoms with E-state index in [9.17, 15) is 18.6 Å². The Morgan fingerprint density at radius 2 is 1.32 bits per heavy atom. The molecule has 0 spiro atoms. The molecule has 138 valence electrons. The minimum atomic E-state index is -4.01. The molecule has 0 radical (unpaired) electrons. The van der Waals surface area contributed by atoms with Gasteiger partial charge in [-0.15, -0.1) is 11.5 Å². The number of hydrogen-bond donors (Lipinski definition) is 0. The van der Waals surface area contributed by atoms with Crippen LogP contribution in [-0.4, -0.2) is 8.42 Å². The van der Waals surface area contributed by atoms with Gasteiger partial charge in [0.2, 0.25) is 0 Å². The Kier molecular flexibility index (Phi) is 5.38. The molecule has 28 heavy (non-hydrogen) atoms. The van der Waals surface area contributed by atoms with Gasteiger partial charge in [0.15, 0.2) is 5.60 Å². The molecule has 0 saturated heterocycles. The standard InChI is InChI=1S/C21H18O5S.Na/c1-13-11-15(7-9-18(13)22)21(16-8-10-19(23)14(2)12-16)17-5-3-4-6-20(17)27(24,25)26-21;/h3-12,22-23H,1-2H3;/q;+1/p-2. The van der Waals surface area contributed by atoms with Crippen LogP contribution in [0.3, 0.4) is 0 Å². The van der Waals surface area contributed by atoms with Crippen LogP contribution in [0.2, 0.25) is 0 Å². The fraction of sp³-hybridized carbons (Fsp3) is 0.143. The third kappa shape index (κ3) is 3.06. The number of fused-ring (bicyclic) bond motifs is 1. The first-order valence-corrected chi connectivity index (χ1v) is 9.78. The molecule has 1 aliphatic rings. The van der Waals surface area contributed by atoms with Gasteiger partial charge in [-0.05, 0) is 31.0 Å². The molecule has 0 fully saturated rings. The average Bonchev–Trinajstić information content (AvgIpc) is 2.89. The summed E-state index contributed by atoms with van der Waals surface area (Å²) in [5.41, 5.74) is 1.01. The molecule has 0 aliphatic carbocycles. The van der Waals surface area contributed by atoms with Crippen molar-refractivity contribution in [2.24, 2.45) is 0 Å². The van der Waals surface area contributed by atoms with Gasteiger partial charge in [0, 0.05) is 5.56 Å². The molecule has 0 unspecified atom stereocenters. The van der Waals surface area contributed by atoms with Crippen LogP contribution < -0.4 is 39.8 Å². The van der Waals surface area contributed by atoms with E-state index in [1.807, 2.05) is 0 Å². The molecule has 0 atom stereocenters. The van der Waals surface area contributed by atoms with Crippen LogP contribution in [-0.2, 0) is 19.9 Å². The van der Waals surface area contributed by atoms with E-state index in [2.05, 4.69) is 0 Å². The van der Waals surface area contributed by atoms with Gasteiger partial charge in [-0.25, -0.2) is 4.18 Å². The molecule has 3 aromatic rings. The second-order valence-electron chi connectivity index (χ2n) is 6.68. The van der Waals surface area contributed by atoms with Crippen LogP contribution in [0.1, 0.15) is 27.8 Å². The molecule has 1 heterocycles. The number of rotatable bonds is 2. The normalized spacial score (nSPS) is 16.2. The summed E-state index contributed by atoms with van der Waals surface area (Å²) in [4.78, 5) is 0.0812. The zero-order chi connectivity index (χ0) is 19.4. The molecule has 5 nitrogen and oxygen atoms in total. The Labute approximate surface area is 186 Å². The van der Waals surface area contributed by atoms with Gasteiger partial charge in [0.1, 0.15) is 4.90 Å². The summed E-state index contributed by atoms with van der Waals surface area (Å²) < 4.78 is 31.3. The smallest absolute Gasteiger partial charge is 0.872 e. The first-order valence-electron chi connectivity index (χ1n) is 8.37. The summed E-state index contributed by atoms with van der Waals surface area (Å²) in [6.07, 6.45) is 0. The maximum atomic E-state index is 12.8. The monoisotopic (exact) mass is 403 g/mol. The maximum absolute atomic E-state index is 12.8. The van der Waals surface area contributed by atoms with E-state index in [1.54, 1.807) is 56.3 Å². The molecule has 0 bridgehead atoms. The third-order valence-electron chi connectivity index (χ3n) is 4.93. The first kappa shape index (κ1) is 20.9. The van der Waals surface area contributed by atoms with Crippen molar-refractivity contribution in [2.75, 3.05) is 0 Å². The van der Waals surface area contributed by atoms with Crippen molar-refractivity contribution in [3.63, 3.8) is 0 Å². The molecule has 0 aromatic heterocycles. The summed E-state index contributed by atoms with van der Waals surface area (Å²) in [6, 6.07) is 15.8. The van der Waals surface area contributed by atoms with Gasteiger partial charge < -0.3 is 10.2 Å². The maximum Gasteiger partial charge on any atom is 1.00 e. The van der Waals surface area contributed by atoms with Crippen LogP contribution in [0.4, 0.5) is 0 Å². The fourth-order valence-corrected chi connectivity index (χ4v) is 4.97. The third-order valence-corrected chi connectivity index (χ3v) is 6.30. The Hall–Kier alpha value is -1.83. The van der Waals surface area contributed by atoms with E-state index < -0.39 is 15.7 Å². The van der Waals surface area contributed by atoms with E-state index in [0.717, 1.165) is 0 Å². The van der Waals surface area contributed by atoms with Crippen LogP contribution >= 0.6 is 0 Å². The van der Waals surface area contributed by atoms with Gasteiger partial charge in [0.05, 0.1) is 0 Å². The molecule has 7 heteroatoms. The summed E-state index contributed by atoms with van der Waals surface area (Å²) in [5, 5.41) is 23.8. The number of hydrogen-bond acceptors (Lipinski definition) is 5. The molecule has 4 rings (SSSR count). The quantitative estimate of drug-likeness (QED) is 0.424. The van der Waals surface area contributed by atoms with E-state index in [0.29, 0.717) is 27.8 Å². The van der Waals surface area contributed by atoms with Crippen LogP contribution in [0.25, 0.3) is 0 Å². The van der Waals surface area contributed by atoms with E-state index >= 15 is 0 Å². The SMILES string of the molecule is Cc1cc(C2(c3ccc([O-])c(C)c3)OS(=O)(=O)c3ccccc32)ccc1[O-].[Na+]. The molecule has 0 N–H and O–H groups in total. The number of aryl methyl sites for hydroxylation is 2. The Bertz CT molecular complexity index is 1120. The zero-order valence-corrected chi connectivity index (χ0v) is 18.5. The summed E-state index contributed by atoms with van der Waals surface area (Å²) in [5.74, 6) is -0.289. The van der Waals surface area contributed by atoms with Gasteiger partial charge in [-0.1, -0.05) is 65.7 Å². The Morgan fingerprint density at radius 3 is 1.82 bits per heavy atom. The van der Waals surface area contributed by atoms with Crippen LogP contribution in [0.15, 0.2) is 65.6 Å². The van der Waals surface area contributed by atoms with Crippen LogP contribution in [0.5, 0.6) is 11.5 Å². The largest absolute Gasteiger partial charge is 1.00 e. The summed E-state index contributed by atoms with van der Waals surface area (Å²) >= 11 is 0. The van der Waals surface area contributed by atoms with E-state index in [-0.39, 0.29) is 46.0 Å². The predicted octanol–water partition coefficient (Wildman–Crippen LogP) is -0.535. The van der Waals surface area contributed by atoms with Crippen molar-refractivity contribution in [1.82, 2.24) is 0 Å². The van der Waals surface area contributed by atoms with Crippen molar-refractivity contribution in [3.05, 3.63) is 88.5 Å². The average molecular weight is 403 g/mol. The Morgan fingerprint density at radius 1 is 0.821 bits per heavy atom. The van der Waals surface area contributed by atoms with Crippen LogP contribution in [0, 0.1) is 13.8 Å². The van der Waals surface area contributed by atoms with Gasteiger partial charge >= 0.3 is 29.6 Å².